The van der Waals surface area contributed by atoms with E-state index in [1.807, 2.05) is 6.07 Å². The molecule has 6 aromatic rings. The second-order valence-corrected chi connectivity index (χ2v) is 10.4. The van der Waals surface area contributed by atoms with E-state index in [1.54, 1.807) is 0 Å². The van der Waals surface area contributed by atoms with Crippen LogP contribution in [0.1, 0.15) is 27.7 Å². The van der Waals surface area contributed by atoms with Gasteiger partial charge in [-0.15, -0.1) is 0 Å². The first-order chi connectivity index (χ1) is 16.3. The van der Waals surface area contributed by atoms with E-state index in [-0.39, 0.29) is 11.2 Å². The summed E-state index contributed by atoms with van der Waals surface area (Å²) in [6.45, 7) is 8.37. The van der Waals surface area contributed by atoms with Crippen LogP contribution >= 0.6 is 0 Å². The van der Waals surface area contributed by atoms with Crippen LogP contribution in [0.4, 0.5) is 0 Å². The summed E-state index contributed by atoms with van der Waals surface area (Å²) in [7, 11) is -0.403. The molecule has 1 aliphatic rings. The molecule has 2 aromatic heterocycles. The molecule has 0 unspecified atom stereocenters. The molecule has 0 N–H and O–H groups in total. The van der Waals surface area contributed by atoms with E-state index < -0.39 is 7.12 Å². The minimum atomic E-state index is -0.403. The number of para-hydroxylation sites is 2. The van der Waals surface area contributed by atoms with Crippen LogP contribution in [-0.4, -0.2) is 27.7 Å². The van der Waals surface area contributed by atoms with Gasteiger partial charge in [0.2, 0.25) is 0 Å². The molecule has 0 bridgehead atoms. The SMILES string of the molecule is CC1(C)OB(c2ccc3c(c2)c2cc4ccccc4cc2n2c4ccccc4nc32)OC1(C)C. The van der Waals surface area contributed by atoms with Crippen LogP contribution in [0.5, 0.6) is 0 Å². The molecule has 7 rings (SSSR count). The second-order valence-electron chi connectivity index (χ2n) is 10.4. The van der Waals surface area contributed by atoms with Gasteiger partial charge in [0, 0.05) is 10.8 Å². The molecule has 0 radical (unpaired) electrons. The highest BCUT2D eigenvalue weighted by molar-refractivity contribution is 6.62. The van der Waals surface area contributed by atoms with Crippen molar-refractivity contribution in [3.05, 3.63) is 78.9 Å². The molecule has 1 saturated heterocycles. The zero-order valence-electron chi connectivity index (χ0n) is 19.8. The van der Waals surface area contributed by atoms with E-state index in [2.05, 4.69) is 105 Å². The molecule has 34 heavy (non-hydrogen) atoms. The van der Waals surface area contributed by atoms with Gasteiger partial charge >= 0.3 is 7.12 Å². The Kier molecular flexibility index (Phi) is 3.88. The summed E-state index contributed by atoms with van der Waals surface area (Å²) in [4.78, 5) is 5.05. The lowest BCUT2D eigenvalue weighted by atomic mass is 9.78. The monoisotopic (exact) mass is 444 g/mol. The van der Waals surface area contributed by atoms with E-state index in [9.17, 15) is 0 Å². The van der Waals surface area contributed by atoms with Gasteiger partial charge in [0.05, 0.1) is 27.8 Å². The number of imidazole rings is 1. The Balaban J connectivity index is 1.60. The Morgan fingerprint density at radius 1 is 0.676 bits per heavy atom. The highest BCUT2D eigenvalue weighted by Gasteiger charge is 2.51. The van der Waals surface area contributed by atoms with Gasteiger partial charge in [-0.25, -0.2) is 4.98 Å². The Morgan fingerprint density at radius 2 is 1.35 bits per heavy atom. The lowest BCUT2D eigenvalue weighted by Gasteiger charge is -2.32. The van der Waals surface area contributed by atoms with Gasteiger partial charge in [0.15, 0.2) is 0 Å². The highest BCUT2D eigenvalue weighted by Crippen LogP contribution is 2.38. The normalized spacial score (nSPS) is 17.6. The van der Waals surface area contributed by atoms with Crippen LogP contribution in [0.25, 0.3) is 49.1 Å². The summed E-state index contributed by atoms with van der Waals surface area (Å²) in [5.41, 5.74) is 4.52. The Morgan fingerprint density at radius 3 is 2.12 bits per heavy atom. The van der Waals surface area contributed by atoms with E-state index in [1.165, 1.54) is 16.2 Å². The summed E-state index contributed by atoms with van der Waals surface area (Å²) >= 11 is 0. The molecule has 5 heteroatoms. The molecular formula is C29H25BN2O2. The van der Waals surface area contributed by atoms with Crippen molar-refractivity contribution in [3.63, 3.8) is 0 Å². The number of aromatic nitrogens is 2. The summed E-state index contributed by atoms with van der Waals surface area (Å²) in [5, 5.41) is 5.93. The molecule has 0 aliphatic carbocycles. The predicted molar refractivity (Wildman–Crippen MR) is 141 cm³/mol. The first kappa shape index (κ1) is 20.0. The molecular weight excluding hydrogens is 419 g/mol. The predicted octanol–water partition coefficient (Wildman–Crippen LogP) is 6.25. The molecule has 0 saturated carbocycles. The van der Waals surface area contributed by atoms with Gasteiger partial charge < -0.3 is 9.31 Å². The third-order valence-corrected chi connectivity index (χ3v) is 7.77. The molecule has 4 nitrogen and oxygen atoms in total. The lowest BCUT2D eigenvalue weighted by molar-refractivity contribution is 0.00578. The van der Waals surface area contributed by atoms with Crippen molar-refractivity contribution >= 4 is 61.7 Å². The van der Waals surface area contributed by atoms with Gasteiger partial charge in [0.1, 0.15) is 5.65 Å². The Hall–Kier alpha value is -3.41. The number of pyridine rings is 1. The van der Waals surface area contributed by atoms with Crippen molar-refractivity contribution in [2.24, 2.45) is 0 Å². The minimum Gasteiger partial charge on any atom is -0.399 e. The minimum absolute atomic E-state index is 0.379. The van der Waals surface area contributed by atoms with Crippen molar-refractivity contribution in [2.75, 3.05) is 0 Å². The van der Waals surface area contributed by atoms with E-state index in [0.717, 1.165) is 38.4 Å². The number of rotatable bonds is 1. The van der Waals surface area contributed by atoms with Crippen molar-refractivity contribution < 1.29 is 9.31 Å². The van der Waals surface area contributed by atoms with Gasteiger partial charge in [0.25, 0.3) is 0 Å². The molecule has 3 heterocycles. The van der Waals surface area contributed by atoms with Crippen LogP contribution in [0.3, 0.4) is 0 Å². The maximum atomic E-state index is 6.37. The summed E-state index contributed by atoms with van der Waals surface area (Å²) in [6.07, 6.45) is 0. The number of hydrogen-bond acceptors (Lipinski definition) is 3. The molecule has 0 atom stereocenters. The number of benzene rings is 4. The standard InChI is InChI=1S/C29H25BN2O2/c1-28(2)29(3,4)34-30(33-28)20-13-14-21-22(17-20)23-15-18-9-5-6-10-19(18)16-26(23)32-25-12-8-7-11-24(25)31-27(21)32/h5-17H,1-4H3. The maximum absolute atomic E-state index is 6.37. The highest BCUT2D eigenvalue weighted by atomic mass is 16.7. The van der Waals surface area contributed by atoms with Crippen molar-refractivity contribution in [1.29, 1.82) is 0 Å². The molecule has 4 aromatic carbocycles. The summed E-state index contributed by atoms with van der Waals surface area (Å²) in [5.74, 6) is 0. The van der Waals surface area contributed by atoms with Gasteiger partial charge in [-0.2, -0.15) is 0 Å². The van der Waals surface area contributed by atoms with Crippen LogP contribution < -0.4 is 5.46 Å². The molecule has 1 fully saturated rings. The topological polar surface area (TPSA) is 35.8 Å². The quantitative estimate of drug-likeness (QED) is 0.171. The summed E-state index contributed by atoms with van der Waals surface area (Å²) in [6, 6.07) is 28.0. The van der Waals surface area contributed by atoms with Crippen LogP contribution in [0.2, 0.25) is 0 Å². The smallest absolute Gasteiger partial charge is 0.399 e. The summed E-state index contributed by atoms with van der Waals surface area (Å²) < 4.78 is 15.0. The van der Waals surface area contributed by atoms with E-state index >= 15 is 0 Å². The van der Waals surface area contributed by atoms with E-state index in [0.29, 0.717) is 0 Å². The number of hydrogen-bond donors (Lipinski definition) is 0. The molecule has 166 valence electrons. The Bertz CT molecular complexity index is 1770. The van der Waals surface area contributed by atoms with Gasteiger partial charge in [-0.3, -0.25) is 4.40 Å². The molecule has 0 spiro atoms. The fourth-order valence-corrected chi connectivity index (χ4v) is 5.18. The number of fused-ring (bicyclic) bond motifs is 9. The molecule has 1 aliphatic heterocycles. The zero-order chi connectivity index (χ0) is 23.2. The second kappa shape index (κ2) is 6.59. The van der Waals surface area contributed by atoms with Crippen molar-refractivity contribution in [1.82, 2.24) is 9.38 Å². The van der Waals surface area contributed by atoms with Gasteiger partial charge in [-0.1, -0.05) is 54.6 Å². The average Bonchev–Trinajstić information content (AvgIpc) is 3.31. The fraction of sp³-hybridized carbons (Fsp3) is 0.207. The zero-order valence-corrected chi connectivity index (χ0v) is 19.8. The van der Waals surface area contributed by atoms with Crippen molar-refractivity contribution in [2.45, 2.75) is 38.9 Å². The van der Waals surface area contributed by atoms with Crippen LogP contribution in [0.15, 0.2) is 78.9 Å². The fourth-order valence-electron chi connectivity index (χ4n) is 5.18. The van der Waals surface area contributed by atoms with Crippen LogP contribution in [0, 0.1) is 0 Å². The third kappa shape index (κ3) is 2.65. The first-order valence-electron chi connectivity index (χ1n) is 11.8. The largest absolute Gasteiger partial charge is 0.494 e. The maximum Gasteiger partial charge on any atom is 0.494 e. The van der Waals surface area contributed by atoms with Gasteiger partial charge in [-0.05, 0) is 73.6 Å². The molecule has 0 amide bonds. The Labute approximate surface area is 198 Å². The van der Waals surface area contributed by atoms with E-state index in [4.69, 9.17) is 14.3 Å². The average molecular weight is 444 g/mol. The third-order valence-electron chi connectivity index (χ3n) is 7.77. The first-order valence-corrected chi connectivity index (χ1v) is 11.8. The van der Waals surface area contributed by atoms with Crippen molar-refractivity contribution in [3.8, 4) is 0 Å². The number of nitrogens with zero attached hydrogens (tertiary/aromatic N) is 2. The lowest BCUT2D eigenvalue weighted by Crippen LogP contribution is -2.41. The van der Waals surface area contributed by atoms with Crippen LogP contribution in [-0.2, 0) is 9.31 Å².